The Morgan fingerprint density at radius 3 is 3.05 bits per heavy atom. The predicted octanol–water partition coefficient (Wildman–Crippen LogP) is 4.25. The molecule has 3 atom stereocenters. The molecular formula is C20H29NO. The summed E-state index contributed by atoms with van der Waals surface area (Å²) in [4.78, 5) is 2.80. The van der Waals surface area contributed by atoms with Crippen LogP contribution in [0.4, 0.5) is 0 Å². The van der Waals surface area contributed by atoms with Crippen LogP contribution in [-0.4, -0.2) is 29.1 Å². The minimum atomic E-state index is 0.373. The average Bonchev–Trinajstić information content (AvgIpc) is 2.55. The van der Waals surface area contributed by atoms with Crippen molar-refractivity contribution in [1.29, 1.82) is 0 Å². The minimum Gasteiger partial charge on any atom is -0.508 e. The van der Waals surface area contributed by atoms with Crippen LogP contribution in [0.1, 0.15) is 63.0 Å². The average molecular weight is 299 g/mol. The Hall–Kier alpha value is -1.02. The Bertz CT molecular complexity index is 555. The maximum Gasteiger partial charge on any atom is 0.115 e. The number of fused-ring (bicyclic) bond motifs is 1. The van der Waals surface area contributed by atoms with E-state index in [0.717, 1.165) is 12.0 Å². The molecule has 2 nitrogen and oxygen atoms in total. The molecular weight excluding hydrogens is 270 g/mol. The van der Waals surface area contributed by atoms with E-state index in [9.17, 15) is 5.11 Å². The van der Waals surface area contributed by atoms with Crippen LogP contribution in [0.15, 0.2) is 18.2 Å². The van der Waals surface area contributed by atoms with Gasteiger partial charge in [0.1, 0.15) is 5.75 Å². The van der Waals surface area contributed by atoms with Crippen molar-refractivity contribution in [1.82, 2.24) is 4.90 Å². The van der Waals surface area contributed by atoms with Gasteiger partial charge in [0.15, 0.2) is 0 Å². The van der Waals surface area contributed by atoms with Crippen LogP contribution in [0.2, 0.25) is 0 Å². The summed E-state index contributed by atoms with van der Waals surface area (Å²) in [6, 6.07) is 6.95. The fraction of sp³-hybridized carbons (Fsp3) is 0.700. The Kier molecular flexibility index (Phi) is 3.68. The maximum absolute atomic E-state index is 10.0. The molecule has 0 radical (unpaired) electrons. The number of rotatable bonds is 3. The first-order valence-electron chi connectivity index (χ1n) is 9.31. The van der Waals surface area contributed by atoms with Gasteiger partial charge in [-0.15, -0.1) is 0 Å². The van der Waals surface area contributed by atoms with Crippen molar-refractivity contribution in [2.75, 3.05) is 13.1 Å². The van der Waals surface area contributed by atoms with Gasteiger partial charge in [0.2, 0.25) is 0 Å². The van der Waals surface area contributed by atoms with Crippen LogP contribution in [-0.2, 0) is 11.8 Å². The third kappa shape index (κ3) is 2.11. The van der Waals surface area contributed by atoms with E-state index in [4.69, 9.17) is 0 Å². The monoisotopic (exact) mass is 299 g/mol. The fourth-order valence-corrected chi connectivity index (χ4v) is 5.71. The number of benzene rings is 1. The van der Waals surface area contributed by atoms with Gasteiger partial charge < -0.3 is 5.11 Å². The molecule has 120 valence electrons. The summed E-state index contributed by atoms with van der Waals surface area (Å²) in [6.07, 6.45) is 10.6. The third-order valence-corrected chi connectivity index (χ3v) is 6.73. The van der Waals surface area contributed by atoms with Gasteiger partial charge in [0.05, 0.1) is 0 Å². The highest BCUT2D eigenvalue weighted by Gasteiger charge is 2.53. The van der Waals surface area contributed by atoms with Gasteiger partial charge in [-0.3, -0.25) is 4.90 Å². The maximum atomic E-state index is 10.0. The van der Waals surface area contributed by atoms with Gasteiger partial charge >= 0.3 is 0 Å². The van der Waals surface area contributed by atoms with Crippen molar-refractivity contribution in [3.63, 3.8) is 0 Å². The van der Waals surface area contributed by atoms with E-state index in [2.05, 4.69) is 24.0 Å². The van der Waals surface area contributed by atoms with Crippen molar-refractivity contribution in [2.45, 2.75) is 69.7 Å². The molecule has 0 amide bonds. The first-order valence-corrected chi connectivity index (χ1v) is 9.31. The third-order valence-electron chi connectivity index (χ3n) is 6.73. The number of hydrogen-bond donors (Lipinski definition) is 1. The summed E-state index contributed by atoms with van der Waals surface area (Å²) in [5, 5.41) is 10.0. The zero-order valence-corrected chi connectivity index (χ0v) is 13.9. The number of hydrogen-bond acceptors (Lipinski definition) is 2. The molecule has 4 rings (SSSR count). The van der Waals surface area contributed by atoms with Crippen LogP contribution in [0.25, 0.3) is 0 Å². The van der Waals surface area contributed by atoms with Crippen molar-refractivity contribution < 1.29 is 5.11 Å². The Morgan fingerprint density at radius 1 is 1.27 bits per heavy atom. The van der Waals surface area contributed by atoms with Crippen LogP contribution in [0, 0.1) is 5.92 Å². The normalized spacial score (nSPS) is 34.0. The standard InChI is InChI=1S/C20H29NO/c1-2-3-11-21-12-10-20-9-5-4-6-17(20)19(21)13-15-7-8-16(22)14-18(15)20/h7-8,14,17,19,22H,2-6,9-13H2,1H3/t17-,19+,20-/m0/s1. The molecule has 2 bridgehead atoms. The molecule has 3 aliphatic rings. The Balaban J connectivity index is 1.75. The number of likely N-dealkylation sites (tertiary alicyclic amines) is 1. The molecule has 0 aromatic heterocycles. The zero-order chi connectivity index (χ0) is 15.2. The van der Waals surface area contributed by atoms with E-state index >= 15 is 0 Å². The number of nitrogens with zero attached hydrogens (tertiary/aromatic N) is 1. The highest BCUT2D eigenvalue weighted by atomic mass is 16.3. The quantitative estimate of drug-likeness (QED) is 0.902. The van der Waals surface area contributed by atoms with Crippen molar-refractivity contribution in [2.24, 2.45) is 5.92 Å². The van der Waals surface area contributed by atoms with Gasteiger partial charge in [0.25, 0.3) is 0 Å². The molecule has 22 heavy (non-hydrogen) atoms. The summed E-state index contributed by atoms with van der Waals surface area (Å²) < 4.78 is 0. The molecule has 1 aromatic rings. The van der Waals surface area contributed by atoms with Gasteiger partial charge in [-0.2, -0.15) is 0 Å². The van der Waals surface area contributed by atoms with E-state index in [-0.39, 0.29) is 0 Å². The van der Waals surface area contributed by atoms with Crippen molar-refractivity contribution in [3.05, 3.63) is 29.3 Å². The van der Waals surface area contributed by atoms with E-state index in [0.29, 0.717) is 11.2 Å². The summed E-state index contributed by atoms with van der Waals surface area (Å²) >= 11 is 0. The molecule has 1 saturated carbocycles. The van der Waals surface area contributed by atoms with E-state index in [1.54, 1.807) is 0 Å². The highest BCUT2D eigenvalue weighted by Crippen LogP contribution is 2.56. The van der Waals surface area contributed by atoms with Crippen LogP contribution in [0.5, 0.6) is 5.75 Å². The van der Waals surface area contributed by atoms with Gasteiger partial charge in [-0.25, -0.2) is 0 Å². The van der Waals surface area contributed by atoms with Crippen LogP contribution < -0.4 is 0 Å². The molecule has 0 spiro atoms. The van der Waals surface area contributed by atoms with E-state index < -0.39 is 0 Å². The van der Waals surface area contributed by atoms with E-state index in [1.165, 1.54) is 75.6 Å². The second-order valence-corrected chi connectivity index (χ2v) is 7.76. The molecule has 1 heterocycles. The Morgan fingerprint density at radius 2 is 2.18 bits per heavy atom. The number of aromatic hydroxyl groups is 1. The zero-order valence-electron chi connectivity index (χ0n) is 13.9. The molecule has 2 aliphatic carbocycles. The number of phenolic OH excluding ortho intramolecular Hbond substituents is 1. The summed E-state index contributed by atoms with van der Waals surface area (Å²) in [5.74, 6) is 1.28. The molecule has 2 heteroatoms. The molecule has 2 fully saturated rings. The summed E-state index contributed by atoms with van der Waals surface area (Å²) in [6.45, 7) is 4.84. The first-order chi connectivity index (χ1) is 10.7. The Labute approximate surface area is 134 Å². The van der Waals surface area contributed by atoms with Gasteiger partial charge in [-0.05, 0) is 74.4 Å². The molecule has 1 N–H and O–H groups in total. The SMILES string of the molecule is CCCCN1CC[C@@]23CCCC[C@H]2[C@H]1Cc1ccc(O)cc13. The molecule has 1 aromatic carbocycles. The lowest BCUT2D eigenvalue weighted by molar-refractivity contribution is -0.0118. The lowest BCUT2D eigenvalue weighted by Gasteiger charge is -2.59. The molecule has 1 saturated heterocycles. The summed E-state index contributed by atoms with van der Waals surface area (Å²) in [7, 11) is 0. The second kappa shape index (κ2) is 5.56. The van der Waals surface area contributed by atoms with Gasteiger partial charge in [-0.1, -0.05) is 32.3 Å². The first kappa shape index (κ1) is 14.6. The lowest BCUT2D eigenvalue weighted by Crippen LogP contribution is -2.60. The smallest absolute Gasteiger partial charge is 0.115 e. The minimum absolute atomic E-state index is 0.373. The van der Waals surface area contributed by atoms with Crippen LogP contribution >= 0.6 is 0 Å². The number of phenols is 1. The largest absolute Gasteiger partial charge is 0.508 e. The number of unbranched alkanes of at least 4 members (excludes halogenated alkanes) is 1. The number of piperidine rings is 1. The van der Waals surface area contributed by atoms with Crippen LogP contribution in [0.3, 0.4) is 0 Å². The highest BCUT2D eigenvalue weighted by molar-refractivity contribution is 5.45. The molecule has 0 unspecified atom stereocenters. The van der Waals surface area contributed by atoms with Crippen molar-refractivity contribution in [3.8, 4) is 5.75 Å². The summed E-state index contributed by atoms with van der Waals surface area (Å²) in [5.41, 5.74) is 3.39. The lowest BCUT2D eigenvalue weighted by atomic mass is 9.52. The molecule has 1 aliphatic heterocycles. The fourth-order valence-electron chi connectivity index (χ4n) is 5.71. The predicted molar refractivity (Wildman–Crippen MR) is 90.3 cm³/mol. The van der Waals surface area contributed by atoms with E-state index in [1.807, 2.05) is 6.07 Å². The van der Waals surface area contributed by atoms with Crippen molar-refractivity contribution >= 4 is 0 Å². The second-order valence-electron chi connectivity index (χ2n) is 7.76. The topological polar surface area (TPSA) is 23.5 Å². The van der Waals surface area contributed by atoms with Gasteiger partial charge in [0, 0.05) is 11.5 Å².